The number of rotatable bonds is 3. The van der Waals surface area contributed by atoms with Gasteiger partial charge in [0, 0.05) is 10.7 Å². The smallest absolute Gasteiger partial charge is 0.140 e. The lowest BCUT2D eigenvalue weighted by Crippen LogP contribution is -1.91. The van der Waals surface area contributed by atoms with E-state index in [4.69, 9.17) is 22.1 Å². The van der Waals surface area contributed by atoms with Crippen LogP contribution in [0.4, 0.5) is 5.69 Å². The number of anilines is 1. The van der Waals surface area contributed by atoms with Crippen molar-refractivity contribution < 1.29 is 4.74 Å². The molecule has 2 rings (SSSR count). The second-order valence-electron chi connectivity index (χ2n) is 3.90. The molecule has 94 valence electrons. The molecule has 0 amide bonds. The Labute approximate surface area is 125 Å². The van der Waals surface area contributed by atoms with E-state index in [1.807, 2.05) is 36.4 Å². The maximum Gasteiger partial charge on any atom is 0.140 e. The van der Waals surface area contributed by atoms with Crippen molar-refractivity contribution in [2.24, 2.45) is 0 Å². The summed E-state index contributed by atoms with van der Waals surface area (Å²) in [5.41, 5.74) is 7.53. The van der Waals surface area contributed by atoms with Crippen molar-refractivity contribution in [3.05, 3.63) is 50.6 Å². The number of nitrogen functional groups attached to an aromatic ring is 1. The Kier molecular flexibility index (Phi) is 4.35. The summed E-state index contributed by atoms with van der Waals surface area (Å²) in [5.74, 6) is 1.59. The van der Waals surface area contributed by atoms with Gasteiger partial charge in [-0.15, -0.1) is 0 Å². The van der Waals surface area contributed by atoms with E-state index in [9.17, 15) is 0 Å². The van der Waals surface area contributed by atoms with E-state index in [1.165, 1.54) is 0 Å². The van der Waals surface area contributed by atoms with Crippen molar-refractivity contribution in [3.8, 4) is 11.5 Å². The molecule has 2 aromatic rings. The van der Waals surface area contributed by atoms with Gasteiger partial charge in [-0.1, -0.05) is 18.5 Å². The van der Waals surface area contributed by atoms with Crippen LogP contribution in [0.2, 0.25) is 5.02 Å². The van der Waals surface area contributed by atoms with E-state index in [-0.39, 0.29) is 0 Å². The van der Waals surface area contributed by atoms with Crippen molar-refractivity contribution in [2.45, 2.75) is 13.3 Å². The van der Waals surface area contributed by atoms with Gasteiger partial charge in [-0.25, -0.2) is 0 Å². The number of hydrogen-bond donors (Lipinski definition) is 1. The Balaban J connectivity index is 2.28. The average molecular weight is 374 g/mol. The highest BCUT2D eigenvalue weighted by atomic mass is 127. The fourth-order valence-corrected chi connectivity index (χ4v) is 2.51. The predicted molar refractivity (Wildman–Crippen MR) is 84.5 cm³/mol. The molecule has 0 aliphatic rings. The van der Waals surface area contributed by atoms with Crippen molar-refractivity contribution in [1.82, 2.24) is 0 Å². The molecule has 0 heterocycles. The molecule has 18 heavy (non-hydrogen) atoms. The normalized spacial score (nSPS) is 10.4. The molecule has 0 saturated heterocycles. The highest BCUT2D eigenvalue weighted by Crippen LogP contribution is 2.30. The Morgan fingerprint density at radius 1 is 1.22 bits per heavy atom. The first-order valence-corrected chi connectivity index (χ1v) is 7.07. The molecule has 4 heteroatoms. The number of benzene rings is 2. The standard InChI is InChI=1S/C14H13ClINO/c1-2-9-7-11(4-5-12(9)15)18-14-6-3-10(17)8-13(14)16/h3-8H,2,17H2,1H3. The molecule has 2 N–H and O–H groups in total. The van der Waals surface area contributed by atoms with Gasteiger partial charge in [-0.2, -0.15) is 0 Å². The molecule has 0 bridgehead atoms. The Morgan fingerprint density at radius 2 is 2.00 bits per heavy atom. The van der Waals surface area contributed by atoms with Crippen molar-refractivity contribution >= 4 is 39.9 Å². The Morgan fingerprint density at radius 3 is 2.67 bits per heavy atom. The first-order chi connectivity index (χ1) is 8.60. The van der Waals surface area contributed by atoms with Crippen LogP contribution < -0.4 is 10.5 Å². The molecule has 0 aliphatic carbocycles. The summed E-state index contributed by atoms with van der Waals surface area (Å²) in [6.45, 7) is 2.07. The van der Waals surface area contributed by atoms with Gasteiger partial charge in [0.15, 0.2) is 0 Å². The zero-order valence-corrected chi connectivity index (χ0v) is 12.8. The SMILES string of the molecule is CCc1cc(Oc2ccc(N)cc2I)ccc1Cl. The van der Waals surface area contributed by atoms with Crippen LogP contribution in [0.5, 0.6) is 11.5 Å². The summed E-state index contributed by atoms with van der Waals surface area (Å²) in [6, 6.07) is 11.3. The van der Waals surface area contributed by atoms with Gasteiger partial charge in [0.05, 0.1) is 3.57 Å². The molecule has 0 unspecified atom stereocenters. The van der Waals surface area contributed by atoms with Crippen molar-refractivity contribution in [2.75, 3.05) is 5.73 Å². The maximum atomic E-state index is 6.08. The molecule has 0 fully saturated rings. The topological polar surface area (TPSA) is 35.2 Å². The van der Waals surface area contributed by atoms with Gasteiger partial charge in [-0.05, 0) is 71.0 Å². The van der Waals surface area contributed by atoms with Crippen LogP contribution in [0, 0.1) is 3.57 Å². The van der Waals surface area contributed by atoms with Gasteiger partial charge >= 0.3 is 0 Å². The summed E-state index contributed by atoms with van der Waals surface area (Å²) >= 11 is 8.28. The monoisotopic (exact) mass is 373 g/mol. The Hall–Kier alpha value is -0.940. The lowest BCUT2D eigenvalue weighted by Gasteiger charge is -2.10. The molecule has 0 radical (unpaired) electrons. The van der Waals surface area contributed by atoms with E-state index in [2.05, 4.69) is 29.5 Å². The maximum absolute atomic E-state index is 6.08. The molecular formula is C14H13ClINO. The van der Waals surface area contributed by atoms with Gasteiger partial charge < -0.3 is 10.5 Å². The molecule has 0 aromatic heterocycles. The van der Waals surface area contributed by atoms with E-state index in [0.29, 0.717) is 0 Å². The van der Waals surface area contributed by atoms with E-state index >= 15 is 0 Å². The largest absolute Gasteiger partial charge is 0.456 e. The summed E-state index contributed by atoms with van der Waals surface area (Å²) in [4.78, 5) is 0. The minimum absolute atomic E-state index is 0.733. The second kappa shape index (κ2) is 5.80. The van der Waals surface area contributed by atoms with Crippen molar-refractivity contribution in [1.29, 1.82) is 0 Å². The average Bonchev–Trinajstić information content (AvgIpc) is 2.35. The minimum atomic E-state index is 0.733. The van der Waals surface area contributed by atoms with Crippen LogP contribution in [0.1, 0.15) is 12.5 Å². The number of hydrogen-bond acceptors (Lipinski definition) is 2. The lowest BCUT2D eigenvalue weighted by atomic mass is 10.1. The van der Waals surface area contributed by atoms with Crippen LogP contribution in [0.15, 0.2) is 36.4 Å². The van der Waals surface area contributed by atoms with Crippen molar-refractivity contribution in [3.63, 3.8) is 0 Å². The number of nitrogens with two attached hydrogens (primary N) is 1. The third kappa shape index (κ3) is 3.09. The van der Waals surface area contributed by atoms with Crippen LogP contribution in [-0.4, -0.2) is 0 Å². The minimum Gasteiger partial charge on any atom is -0.456 e. The van der Waals surface area contributed by atoms with Crippen LogP contribution >= 0.6 is 34.2 Å². The zero-order chi connectivity index (χ0) is 13.1. The van der Waals surface area contributed by atoms with Gasteiger partial charge in [-0.3, -0.25) is 0 Å². The highest BCUT2D eigenvalue weighted by molar-refractivity contribution is 14.1. The lowest BCUT2D eigenvalue weighted by molar-refractivity contribution is 0.479. The first kappa shape index (κ1) is 13.5. The third-order valence-electron chi connectivity index (χ3n) is 2.58. The van der Waals surface area contributed by atoms with Crippen LogP contribution in [0.25, 0.3) is 0 Å². The quantitative estimate of drug-likeness (QED) is 0.614. The predicted octanol–water partition coefficient (Wildman–Crippen LogP) is 4.88. The molecule has 2 nitrogen and oxygen atoms in total. The van der Waals surface area contributed by atoms with Crippen LogP contribution in [0.3, 0.4) is 0 Å². The molecule has 0 aliphatic heterocycles. The van der Waals surface area contributed by atoms with E-state index < -0.39 is 0 Å². The van der Waals surface area contributed by atoms with Gasteiger partial charge in [0.1, 0.15) is 11.5 Å². The molecule has 0 atom stereocenters. The third-order valence-corrected chi connectivity index (χ3v) is 3.79. The first-order valence-electron chi connectivity index (χ1n) is 5.61. The van der Waals surface area contributed by atoms with Crippen LogP contribution in [-0.2, 0) is 6.42 Å². The zero-order valence-electron chi connectivity index (χ0n) is 9.91. The Bertz CT molecular complexity index is 572. The number of halogens is 2. The summed E-state index contributed by atoms with van der Waals surface area (Å²) in [7, 11) is 0. The number of ether oxygens (including phenoxy) is 1. The summed E-state index contributed by atoms with van der Waals surface area (Å²) in [6.07, 6.45) is 0.884. The molecule has 2 aromatic carbocycles. The van der Waals surface area contributed by atoms with Gasteiger partial charge in [0.2, 0.25) is 0 Å². The fraction of sp³-hybridized carbons (Fsp3) is 0.143. The molecule has 0 saturated carbocycles. The second-order valence-corrected chi connectivity index (χ2v) is 5.47. The molecule has 0 spiro atoms. The summed E-state index contributed by atoms with van der Waals surface area (Å²) < 4.78 is 6.83. The van der Waals surface area contributed by atoms with E-state index in [0.717, 1.165) is 37.8 Å². The van der Waals surface area contributed by atoms with E-state index in [1.54, 1.807) is 0 Å². The number of aryl methyl sites for hydroxylation is 1. The highest BCUT2D eigenvalue weighted by Gasteiger charge is 2.05. The van der Waals surface area contributed by atoms with Gasteiger partial charge in [0.25, 0.3) is 0 Å². The molecular weight excluding hydrogens is 361 g/mol. The summed E-state index contributed by atoms with van der Waals surface area (Å²) in [5, 5.41) is 0.775. The fourth-order valence-electron chi connectivity index (χ4n) is 1.61.